The Kier molecular flexibility index (Phi) is 4.19. The van der Waals surface area contributed by atoms with Crippen molar-refractivity contribution in [2.24, 2.45) is 11.1 Å². The lowest BCUT2D eigenvalue weighted by atomic mass is 9.86. The van der Waals surface area contributed by atoms with Crippen molar-refractivity contribution in [1.29, 1.82) is 0 Å². The van der Waals surface area contributed by atoms with Crippen LogP contribution in [-0.2, 0) is 0 Å². The van der Waals surface area contributed by atoms with Crippen LogP contribution in [0, 0.1) is 5.41 Å². The van der Waals surface area contributed by atoms with Crippen LogP contribution >= 0.6 is 0 Å². The van der Waals surface area contributed by atoms with Gasteiger partial charge in [0.2, 0.25) is 0 Å². The number of nitrogens with two attached hydrogens (primary N) is 1. The van der Waals surface area contributed by atoms with E-state index in [1.54, 1.807) is 0 Å². The standard InChI is InChI=1S/C12H25N3O/c1-11(2,3)15-10(16)14-9-12(8-13)6-4-5-7-12/h4-9,13H2,1-3H3,(H2,14,15,16). The van der Waals surface area contributed by atoms with Crippen LogP contribution in [0.3, 0.4) is 0 Å². The lowest BCUT2D eigenvalue weighted by Gasteiger charge is -2.28. The van der Waals surface area contributed by atoms with Gasteiger partial charge in [0.15, 0.2) is 0 Å². The average molecular weight is 227 g/mol. The molecule has 16 heavy (non-hydrogen) atoms. The van der Waals surface area contributed by atoms with Crippen molar-refractivity contribution in [2.75, 3.05) is 13.1 Å². The molecule has 4 nitrogen and oxygen atoms in total. The molecule has 1 fully saturated rings. The molecule has 1 aliphatic rings. The molecule has 0 spiro atoms. The summed E-state index contributed by atoms with van der Waals surface area (Å²) in [6.07, 6.45) is 4.75. The summed E-state index contributed by atoms with van der Waals surface area (Å²) in [6, 6.07) is -0.0905. The molecule has 0 aromatic rings. The lowest BCUT2D eigenvalue weighted by molar-refractivity contribution is 0.221. The van der Waals surface area contributed by atoms with Crippen LogP contribution in [-0.4, -0.2) is 24.7 Å². The molecule has 0 aromatic carbocycles. The molecular weight excluding hydrogens is 202 g/mol. The quantitative estimate of drug-likeness (QED) is 0.685. The molecule has 1 saturated carbocycles. The zero-order chi connectivity index (χ0) is 12.2. The predicted molar refractivity (Wildman–Crippen MR) is 66.2 cm³/mol. The molecule has 0 heterocycles. The van der Waals surface area contributed by atoms with Crippen molar-refractivity contribution in [3.05, 3.63) is 0 Å². The highest BCUT2D eigenvalue weighted by Crippen LogP contribution is 2.36. The van der Waals surface area contributed by atoms with Crippen molar-refractivity contribution in [1.82, 2.24) is 10.6 Å². The first-order valence-corrected chi connectivity index (χ1v) is 6.13. The number of urea groups is 1. The summed E-state index contributed by atoms with van der Waals surface area (Å²) in [6.45, 7) is 7.29. The van der Waals surface area contributed by atoms with Crippen LogP contribution in [0.15, 0.2) is 0 Å². The second-order valence-corrected chi connectivity index (χ2v) is 5.97. The molecule has 1 rings (SSSR count). The van der Waals surface area contributed by atoms with Crippen molar-refractivity contribution < 1.29 is 4.79 Å². The maximum Gasteiger partial charge on any atom is 0.315 e. The van der Waals surface area contributed by atoms with Gasteiger partial charge in [0, 0.05) is 17.5 Å². The zero-order valence-corrected chi connectivity index (χ0v) is 10.7. The van der Waals surface area contributed by atoms with E-state index in [1.807, 2.05) is 20.8 Å². The zero-order valence-electron chi connectivity index (χ0n) is 10.7. The minimum absolute atomic E-state index is 0.0905. The third-order valence-electron chi connectivity index (χ3n) is 3.21. The third kappa shape index (κ3) is 4.00. The summed E-state index contributed by atoms with van der Waals surface area (Å²) in [7, 11) is 0. The molecule has 0 aliphatic heterocycles. The van der Waals surface area contributed by atoms with E-state index in [1.165, 1.54) is 12.8 Å². The van der Waals surface area contributed by atoms with Crippen molar-refractivity contribution >= 4 is 6.03 Å². The summed E-state index contributed by atoms with van der Waals surface area (Å²) >= 11 is 0. The molecule has 2 amide bonds. The maximum atomic E-state index is 11.6. The van der Waals surface area contributed by atoms with E-state index in [0.717, 1.165) is 12.8 Å². The molecule has 94 valence electrons. The predicted octanol–water partition coefficient (Wildman–Crippen LogP) is 1.60. The van der Waals surface area contributed by atoms with Gasteiger partial charge < -0.3 is 16.4 Å². The Morgan fingerprint density at radius 2 is 1.88 bits per heavy atom. The molecule has 1 aliphatic carbocycles. The molecular formula is C12H25N3O. The summed E-state index contributed by atoms with van der Waals surface area (Å²) in [5, 5.41) is 5.84. The Balaban J connectivity index is 2.35. The van der Waals surface area contributed by atoms with Crippen LogP contribution in [0.4, 0.5) is 4.79 Å². The molecule has 4 N–H and O–H groups in total. The second-order valence-electron chi connectivity index (χ2n) is 5.97. The van der Waals surface area contributed by atoms with E-state index in [0.29, 0.717) is 13.1 Å². The Bertz CT molecular complexity index is 239. The maximum absolute atomic E-state index is 11.6. The lowest BCUT2D eigenvalue weighted by Crippen LogP contribution is -2.50. The Morgan fingerprint density at radius 1 is 1.31 bits per heavy atom. The number of hydrogen-bond acceptors (Lipinski definition) is 2. The van der Waals surface area contributed by atoms with Gasteiger partial charge in [-0.1, -0.05) is 12.8 Å². The normalized spacial score (nSPS) is 19.5. The molecule has 0 radical (unpaired) electrons. The van der Waals surface area contributed by atoms with Crippen molar-refractivity contribution in [2.45, 2.75) is 52.0 Å². The van der Waals surface area contributed by atoms with Crippen LogP contribution in [0.25, 0.3) is 0 Å². The van der Waals surface area contributed by atoms with Crippen LogP contribution in [0.5, 0.6) is 0 Å². The summed E-state index contributed by atoms with van der Waals surface area (Å²) in [5.41, 5.74) is 5.77. The second kappa shape index (κ2) is 5.04. The van der Waals surface area contributed by atoms with Crippen molar-refractivity contribution in [3.63, 3.8) is 0 Å². The van der Waals surface area contributed by atoms with Crippen LogP contribution in [0.2, 0.25) is 0 Å². The monoisotopic (exact) mass is 227 g/mol. The molecule has 0 bridgehead atoms. The summed E-state index contributed by atoms with van der Waals surface area (Å²) < 4.78 is 0. The Hall–Kier alpha value is -0.770. The van der Waals surface area contributed by atoms with Crippen LogP contribution in [0.1, 0.15) is 46.5 Å². The average Bonchev–Trinajstić information content (AvgIpc) is 2.61. The number of rotatable bonds is 3. The van der Waals surface area contributed by atoms with Gasteiger partial charge in [-0.25, -0.2) is 4.79 Å². The van der Waals surface area contributed by atoms with E-state index >= 15 is 0 Å². The van der Waals surface area contributed by atoms with Gasteiger partial charge in [-0.2, -0.15) is 0 Å². The Morgan fingerprint density at radius 3 is 2.31 bits per heavy atom. The van der Waals surface area contributed by atoms with Gasteiger partial charge in [0.05, 0.1) is 0 Å². The highest BCUT2D eigenvalue weighted by atomic mass is 16.2. The van der Waals surface area contributed by atoms with Gasteiger partial charge in [-0.15, -0.1) is 0 Å². The third-order valence-corrected chi connectivity index (χ3v) is 3.21. The van der Waals surface area contributed by atoms with Gasteiger partial charge >= 0.3 is 6.03 Å². The Labute approximate surface area is 98.3 Å². The number of carbonyl (C=O) groups excluding carboxylic acids is 1. The minimum atomic E-state index is -0.185. The van der Waals surface area contributed by atoms with Gasteiger partial charge in [-0.3, -0.25) is 0 Å². The van der Waals surface area contributed by atoms with E-state index in [-0.39, 0.29) is 17.0 Å². The number of hydrogen-bond donors (Lipinski definition) is 3. The molecule has 0 atom stereocenters. The van der Waals surface area contributed by atoms with E-state index in [9.17, 15) is 4.79 Å². The highest BCUT2D eigenvalue weighted by Gasteiger charge is 2.32. The highest BCUT2D eigenvalue weighted by molar-refractivity contribution is 5.74. The first kappa shape index (κ1) is 13.3. The number of amides is 2. The van der Waals surface area contributed by atoms with Crippen LogP contribution < -0.4 is 16.4 Å². The van der Waals surface area contributed by atoms with E-state index < -0.39 is 0 Å². The smallest absolute Gasteiger partial charge is 0.315 e. The van der Waals surface area contributed by atoms with Crippen molar-refractivity contribution in [3.8, 4) is 0 Å². The first-order valence-electron chi connectivity index (χ1n) is 6.13. The molecule has 0 aromatic heterocycles. The fourth-order valence-corrected chi connectivity index (χ4v) is 2.23. The van der Waals surface area contributed by atoms with Gasteiger partial charge in [-0.05, 0) is 40.2 Å². The van der Waals surface area contributed by atoms with Gasteiger partial charge in [0.1, 0.15) is 0 Å². The topological polar surface area (TPSA) is 67.2 Å². The SMILES string of the molecule is CC(C)(C)NC(=O)NCC1(CN)CCCC1. The minimum Gasteiger partial charge on any atom is -0.338 e. The largest absolute Gasteiger partial charge is 0.338 e. The van der Waals surface area contributed by atoms with E-state index in [2.05, 4.69) is 10.6 Å². The summed E-state index contributed by atoms with van der Waals surface area (Å²) in [4.78, 5) is 11.6. The first-order chi connectivity index (χ1) is 7.37. The summed E-state index contributed by atoms with van der Waals surface area (Å²) in [5.74, 6) is 0. The fourth-order valence-electron chi connectivity index (χ4n) is 2.23. The number of nitrogens with one attached hydrogen (secondary N) is 2. The molecule has 0 unspecified atom stereocenters. The molecule has 0 saturated heterocycles. The molecule has 4 heteroatoms. The fraction of sp³-hybridized carbons (Fsp3) is 0.917. The van der Waals surface area contributed by atoms with Gasteiger partial charge in [0.25, 0.3) is 0 Å². The van der Waals surface area contributed by atoms with E-state index in [4.69, 9.17) is 5.73 Å². The number of carbonyl (C=O) groups is 1.